The molecule has 1 aromatic carbocycles. The van der Waals surface area contributed by atoms with Crippen molar-refractivity contribution >= 4 is 50.7 Å². The minimum Gasteiger partial charge on any atom is -0.336 e. The molecule has 0 radical (unpaired) electrons. The molecule has 0 aliphatic carbocycles. The molecule has 0 spiro atoms. The number of thiophene rings is 1. The van der Waals surface area contributed by atoms with Gasteiger partial charge in [-0.05, 0) is 54.3 Å². The van der Waals surface area contributed by atoms with Gasteiger partial charge in [-0.2, -0.15) is 5.10 Å². The number of ketones is 1. The van der Waals surface area contributed by atoms with Gasteiger partial charge in [-0.3, -0.25) is 24.7 Å². The van der Waals surface area contributed by atoms with Crippen LogP contribution in [0.15, 0.2) is 61.1 Å². The zero-order valence-corrected chi connectivity index (χ0v) is 23.3. The van der Waals surface area contributed by atoms with Gasteiger partial charge in [-0.25, -0.2) is 4.98 Å². The van der Waals surface area contributed by atoms with Crippen molar-refractivity contribution in [3.63, 3.8) is 0 Å². The lowest BCUT2D eigenvalue weighted by Gasteiger charge is -2.17. The molecule has 0 fully saturated rings. The van der Waals surface area contributed by atoms with Gasteiger partial charge in [0.25, 0.3) is 0 Å². The summed E-state index contributed by atoms with van der Waals surface area (Å²) in [5, 5.41) is 11.5. The number of carbonyl (C=O) groups excluding carboxylic acids is 2. The van der Waals surface area contributed by atoms with E-state index in [9.17, 15) is 9.59 Å². The standard InChI is InChI=1S/C30H27N7O2S/c1-16(38)23-7-8-24(40-23)28-27-22(9-10-32-28)34-29(35-27)26-20-12-17(5-6-21(20)36-37-26)18-11-19(15-31-14-18)33-25(39)13-30(2,3)4/h5-12,14-15H,13H2,1-4H3,(H,33,39)(H,34,35)(H,36,37). The number of hydrogen-bond donors (Lipinski definition) is 3. The summed E-state index contributed by atoms with van der Waals surface area (Å²) in [6.07, 6.45) is 5.57. The first kappa shape index (κ1) is 25.6. The molecule has 6 rings (SSSR count). The van der Waals surface area contributed by atoms with Crippen LogP contribution in [0.4, 0.5) is 5.69 Å². The number of carbonyl (C=O) groups is 2. The van der Waals surface area contributed by atoms with Crippen LogP contribution < -0.4 is 5.32 Å². The Kier molecular flexibility index (Phi) is 6.26. The molecule has 5 heterocycles. The van der Waals surface area contributed by atoms with Gasteiger partial charge < -0.3 is 10.3 Å². The molecule has 0 bridgehead atoms. The Morgan fingerprint density at radius 3 is 2.60 bits per heavy atom. The highest BCUT2D eigenvalue weighted by Crippen LogP contribution is 2.35. The number of aromatic nitrogens is 6. The summed E-state index contributed by atoms with van der Waals surface area (Å²) in [7, 11) is 0. The molecule has 200 valence electrons. The molecule has 0 saturated heterocycles. The molecule has 5 aromatic heterocycles. The van der Waals surface area contributed by atoms with Crippen molar-refractivity contribution in [3.05, 3.63) is 65.9 Å². The molecule has 10 heteroatoms. The predicted octanol–water partition coefficient (Wildman–Crippen LogP) is 6.87. The largest absolute Gasteiger partial charge is 0.336 e. The van der Waals surface area contributed by atoms with E-state index >= 15 is 0 Å². The number of nitrogens with zero attached hydrogens (tertiary/aromatic N) is 4. The summed E-state index contributed by atoms with van der Waals surface area (Å²) in [4.78, 5) is 43.0. The van der Waals surface area contributed by atoms with Gasteiger partial charge >= 0.3 is 0 Å². The van der Waals surface area contributed by atoms with Crippen molar-refractivity contribution in [2.45, 2.75) is 34.1 Å². The summed E-state index contributed by atoms with van der Waals surface area (Å²) in [5.74, 6) is 0.591. The highest BCUT2D eigenvalue weighted by molar-refractivity contribution is 7.17. The Bertz CT molecular complexity index is 1910. The van der Waals surface area contributed by atoms with Gasteiger partial charge in [0.15, 0.2) is 11.6 Å². The highest BCUT2D eigenvalue weighted by Gasteiger charge is 2.19. The Morgan fingerprint density at radius 2 is 1.82 bits per heavy atom. The number of fused-ring (bicyclic) bond motifs is 2. The third-order valence-electron chi connectivity index (χ3n) is 6.42. The van der Waals surface area contributed by atoms with E-state index in [1.807, 2.05) is 63.2 Å². The van der Waals surface area contributed by atoms with Gasteiger partial charge in [-0.15, -0.1) is 11.3 Å². The van der Waals surface area contributed by atoms with Crippen LogP contribution in [0, 0.1) is 5.41 Å². The monoisotopic (exact) mass is 549 g/mol. The van der Waals surface area contributed by atoms with Gasteiger partial charge in [-0.1, -0.05) is 26.8 Å². The van der Waals surface area contributed by atoms with E-state index in [-0.39, 0.29) is 17.1 Å². The van der Waals surface area contributed by atoms with E-state index < -0.39 is 0 Å². The fraction of sp³-hybridized carbons (Fsp3) is 0.200. The number of H-pyrrole nitrogens is 2. The first-order chi connectivity index (χ1) is 19.1. The number of rotatable bonds is 6. The average molecular weight is 550 g/mol. The van der Waals surface area contributed by atoms with Crippen LogP contribution in [-0.2, 0) is 4.79 Å². The molecule has 9 nitrogen and oxygen atoms in total. The third kappa shape index (κ3) is 5.01. The molecule has 40 heavy (non-hydrogen) atoms. The molecule has 3 N–H and O–H groups in total. The zero-order valence-electron chi connectivity index (χ0n) is 22.5. The summed E-state index contributed by atoms with van der Waals surface area (Å²) in [6.45, 7) is 7.66. The predicted molar refractivity (Wildman–Crippen MR) is 158 cm³/mol. The van der Waals surface area contributed by atoms with Crippen molar-refractivity contribution in [1.82, 2.24) is 30.1 Å². The second-order valence-electron chi connectivity index (χ2n) is 10.9. The number of imidazole rings is 1. The van der Waals surface area contributed by atoms with Gasteiger partial charge in [0.05, 0.1) is 32.7 Å². The first-order valence-corrected chi connectivity index (χ1v) is 13.7. The number of pyridine rings is 2. The lowest BCUT2D eigenvalue weighted by molar-refractivity contribution is -0.117. The van der Waals surface area contributed by atoms with Crippen molar-refractivity contribution in [2.24, 2.45) is 5.41 Å². The van der Waals surface area contributed by atoms with Crippen LogP contribution in [0.25, 0.3) is 55.2 Å². The molecule has 0 aliphatic heterocycles. The number of anilines is 1. The molecule has 0 unspecified atom stereocenters. The number of hydrogen-bond acceptors (Lipinski definition) is 7. The van der Waals surface area contributed by atoms with E-state index in [0.29, 0.717) is 34.0 Å². The molecule has 6 aromatic rings. The van der Waals surface area contributed by atoms with Crippen molar-refractivity contribution in [1.29, 1.82) is 0 Å². The average Bonchev–Trinajstić information content (AvgIpc) is 3.65. The topological polar surface area (TPSA) is 129 Å². The van der Waals surface area contributed by atoms with Crippen LogP contribution >= 0.6 is 11.3 Å². The molecule has 0 saturated carbocycles. The summed E-state index contributed by atoms with van der Waals surface area (Å²) >= 11 is 1.41. The molecule has 1 amide bonds. The van der Waals surface area contributed by atoms with Crippen LogP contribution in [0.2, 0.25) is 0 Å². The maximum atomic E-state index is 12.5. The lowest BCUT2D eigenvalue weighted by atomic mass is 9.92. The molecule has 0 aliphatic rings. The number of benzene rings is 1. The number of amides is 1. The minimum absolute atomic E-state index is 0.0259. The second kappa shape index (κ2) is 9.80. The highest BCUT2D eigenvalue weighted by atomic mass is 32.1. The molecular weight excluding hydrogens is 522 g/mol. The lowest BCUT2D eigenvalue weighted by Crippen LogP contribution is -2.19. The fourth-order valence-electron chi connectivity index (χ4n) is 4.61. The molecular formula is C30H27N7O2S. The summed E-state index contributed by atoms with van der Waals surface area (Å²) in [6, 6.07) is 13.5. The van der Waals surface area contributed by atoms with Crippen LogP contribution in [-0.4, -0.2) is 41.8 Å². The number of nitrogens with one attached hydrogen (secondary N) is 3. The SMILES string of the molecule is CC(=O)c1ccc(-c2nccc3[nH]c(-c4n[nH]c5ccc(-c6cncc(NC(=O)CC(C)(C)C)c6)cc45)nc23)s1. The van der Waals surface area contributed by atoms with Gasteiger partial charge in [0.2, 0.25) is 5.91 Å². The Labute approximate surface area is 234 Å². The van der Waals surface area contributed by atoms with E-state index in [2.05, 4.69) is 30.5 Å². The Balaban J connectivity index is 1.36. The van der Waals surface area contributed by atoms with E-state index in [0.717, 1.165) is 38.1 Å². The maximum Gasteiger partial charge on any atom is 0.224 e. The van der Waals surface area contributed by atoms with Crippen molar-refractivity contribution < 1.29 is 9.59 Å². The fourth-order valence-corrected chi connectivity index (χ4v) is 5.51. The van der Waals surface area contributed by atoms with Gasteiger partial charge in [0.1, 0.15) is 16.9 Å². The first-order valence-electron chi connectivity index (χ1n) is 12.8. The van der Waals surface area contributed by atoms with E-state index in [1.54, 1.807) is 25.5 Å². The Morgan fingerprint density at radius 1 is 0.975 bits per heavy atom. The number of Topliss-reactive ketones (excluding diaryl/α,β-unsaturated/α-hetero) is 1. The van der Waals surface area contributed by atoms with E-state index in [4.69, 9.17) is 4.98 Å². The normalized spacial score (nSPS) is 11.8. The molecule has 0 atom stereocenters. The summed E-state index contributed by atoms with van der Waals surface area (Å²) in [5.41, 5.74) is 6.15. The van der Waals surface area contributed by atoms with Crippen LogP contribution in [0.1, 0.15) is 43.8 Å². The minimum atomic E-state index is -0.105. The van der Waals surface area contributed by atoms with E-state index in [1.165, 1.54) is 11.3 Å². The third-order valence-corrected chi connectivity index (χ3v) is 7.61. The van der Waals surface area contributed by atoms with Crippen LogP contribution in [0.5, 0.6) is 0 Å². The zero-order chi connectivity index (χ0) is 28.0. The smallest absolute Gasteiger partial charge is 0.224 e. The maximum absolute atomic E-state index is 12.5. The summed E-state index contributed by atoms with van der Waals surface area (Å²) < 4.78 is 0. The van der Waals surface area contributed by atoms with Crippen molar-refractivity contribution in [2.75, 3.05) is 5.32 Å². The quantitative estimate of drug-likeness (QED) is 0.194. The number of aromatic amines is 2. The second-order valence-corrected chi connectivity index (χ2v) is 12.0. The van der Waals surface area contributed by atoms with Crippen molar-refractivity contribution in [3.8, 4) is 33.2 Å². The van der Waals surface area contributed by atoms with Gasteiger partial charge in [0, 0.05) is 29.8 Å². The van der Waals surface area contributed by atoms with Crippen LogP contribution in [0.3, 0.4) is 0 Å². The Hall–Kier alpha value is -4.70.